The molecule has 4 heteroatoms. The Hall–Kier alpha value is -1.58. The van der Waals surface area contributed by atoms with Gasteiger partial charge in [0, 0.05) is 6.20 Å². The number of aromatic nitrogens is 1. The van der Waals surface area contributed by atoms with Crippen molar-refractivity contribution in [3.05, 3.63) is 24.5 Å². The van der Waals surface area contributed by atoms with Crippen molar-refractivity contribution in [2.75, 3.05) is 0 Å². The summed E-state index contributed by atoms with van der Waals surface area (Å²) in [6, 6.07) is 3.58. The van der Waals surface area contributed by atoms with Crippen LogP contribution >= 0.6 is 0 Å². The quantitative estimate of drug-likeness (QED) is 0.818. The third-order valence-electron chi connectivity index (χ3n) is 2.71. The highest BCUT2D eigenvalue weighted by molar-refractivity contribution is 5.68. The van der Waals surface area contributed by atoms with Gasteiger partial charge in [-0.15, -0.1) is 0 Å². The fourth-order valence-electron chi connectivity index (χ4n) is 1.82. The van der Waals surface area contributed by atoms with Gasteiger partial charge in [-0.3, -0.25) is 9.78 Å². The minimum absolute atomic E-state index is 0.0713. The second-order valence-corrected chi connectivity index (χ2v) is 3.90. The Bertz CT molecular complexity index is 346. The number of ether oxygens (including phenoxy) is 1. The van der Waals surface area contributed by atoms with Crippen molar-refractivity contribution in [3.63, 3.8) is 0 Å². The van der Waals surface area contributed by atoms with Crippen LogP contribution in [0.15, 0.2) is 24.5 Å². The minimum atomic E-state index is -0.807. The van der Waals surface area contributed by atoms with Gasteiger partial charge in [0.15, 0.2) is 0 Å². The second-order valence-electron chi connectivity index (χ2n) is 3.90. The van der Waals surface area contributed by atoms with Crippen LogP contribution in [0.2, 0.25) is 0 Å². The Kier molecular flexibility index (Phi) is 2.58. The van der Waals surface area contributed by atoms with Crippen LogP contribution in [0.3, 0.4) is 0 Å². The van der Waals surface area contributed by atoms with Crippen LogP contribution in [0.25, 0.3) is 0 Å². The van der Waals surface area contributed by atoms with E-state index in [1.807, 2.05) is 0 Å². The molecular formula is C11H13NO3. The summed E-state index contributed by atoms with van der Waals surface area (Å²) in [5, 5.41) is 8.80. The van der Waals surface area contributed by atoms with Crippen molar-refractivity contribution in [2.45, 2.75) is 31.3 Å². The summed E-state index contributed by atoms with van der Waals surface area (Å²) in [7, 11) is 0. The van der Waals surface area contributed by atoms with E-state index >= 15 is 0 Å². The van der Waals surface area contributed by atoms with Gasteiger partial charge in [0.1, 0.15) is 11.4 Å². The van der Waals surface area contributed by atoms with Crippen LogP contribution < -0.4 is 4.74 Å². The molecule has 0 spiro atoms. The highest BCUT2D eigenvalue weighted by Crippen LogP contribution is 2.39. The van der Waals surface area contributed by atoms with E-state index in [4.69, 9.17) is 9.84 Å². The largest absolute Gasteiger partial charge is 0.485 e. The van der Waals surface area contributed by atoms with E-state index in [-0.39, 0.29) is 6.42 Å². The molecule has 4 nitrogen and oxygen atoms in total. The van der Waals surface area contributed by atoms with Gasteiger partial charge in [0.05, 0.1) is 12.6 Å². The smallest absolute Gasteiger partial charge is 0.307 e. The predicted molar refractivity (Wildman–Crippen MR) is 53.7 cm³/mol. The summed E-state index contributed by atoms with van der Waals surface area (Å²) < 4.78 is 5.71. The molecule has 0 aliphatic heterocycles. The number of pyridine rings is 1. The molecule has 15 heavy (non-hydrogen) atoms. The number of nitrogens with zero attached hydrogens (tertiary/aromatic N) is 1. The van der Waals surface area contributed by atoms with Crippen LogP contribution in [0.5, 0.6) is 5.75 Å². The van der Waals surface area contributed by atoms with Gasteiger partial charge in [-0.2, -0.15) is 0 Å². The SMILES string of the molecule is O=C(O)CC1(Oc2cccnc2)CCC1. The van der Waals surface area contributed by atoms with Crippen LogP contribution in [-0.2, 0) is 4.79 Å². The maximum Gasteiger partial charge on any atom is 0.307 e. The Morgan fingerprint density at radius 3 is 2.87 bits per heavy atom. The van der Waals surface area contributed by atoms with E-state index in [2.05, 4.69) is 4.98 Å². The van der Waals surface area contributed by atoms with Gasteiger partial charge in [0.25, 0.3) is 0 Å². The van der Waals surface area contributed by atoms with Crippen LogP contribution in [0, 0.1) is 0 Å². The highest BCUT2D eigenvalue weighted by atomic mass is 16.5. The fraction of sp³-hybridized carbons (Fsp3) is 0.455. The lowest BCUT2D eigenvalue weighted by Gasteiger charge is -2.40. The van der Waals surface area contributed by atoms with Crippen molar-refractivity contribution in [1.82, 2.24) is 4.98 Å². The van der Waals surface area contributed by atoms with Crippen LogP contribution in [0.1, 0.15) is 25.7 Å². The monoisotopic (exact) mass is 207 g/mol. The van der Waals surface area contributed by atoms with E-state index in [9.17, 15) is 4.79 Å². The first-order valence-electron chi connectivity index (χ1n) is 5.01. The molecule has 1 fully saturated rings. The lowest BCUT2D eigenvalue weighted by Crippen LogP contribution is -2.45. The first kappa shape index (κ1) is 9.96. The van der Waals surface area contributed by atoms with Crippen molar-refractivity contribution >= 4 is 5.97 Å². The summed E-state index contributed by atoms with van der Waals surface area (Å²) >= 11 is 0. The Morgan fingerprint density at radius 2 is 2.40 bits per heavy atom. The molecular weight excluding hydrogens is 194 g/mol. The predicted octanol–water partition coefficient (Wildman–Crippen LogP) is 1.86. The first-order valence-corrected chi connectivity index (χ1v) is 5.01. The number of carbonyl (C=O) groups is 1. The summed E-state index contributed by atoms with van der Waals surface area (Å²) in [5.74, 6) is -0.156. The molecule has 0 aromatic carbocycles. The van der Waals surface area contributed by atoms with Gasteiger partial charge in [0.2, 0.25) is 0 Å². The molecule has 1 aromatic heterocycles. The van der Waals surface area contributed by atoms with Crippen molar-refractivity contribution in [1.29, 1.82) is 0 Å². The number of hydrogen-bond acceptors (Lipinski definition) is 3. The Labute approximate surface area is 87.9 Å². The maximum absolute atomic E-state index is 10.7. The molecule has 1 aromatic rings. The first-order chi connectivity index (χ1) is 7.20. The van der Waals surface area contributed by atoms with Gasteiger partial charge in [-0.05, 0) is 31.4 Å². The molecule has 80 valence electrons. The van der Waals surface area contributed by atoms with Gasteiger partial charge < -0.3 is 9.84 Å². The van der Waals surface area contributed by atoms with Crippen molar-refractivity contribution in [2.24, 2.45) is 0 Å². The Morgan fingerprint density at radius 1 is 1.60 bits per heavy atom. The van der Waals surface area contributed by atoms with E-state index in [1.54, 1.807) is 24.5 Å². The number of rotatable bonds is 4. The molecule has 1 aliphatic carbocycles. The lowest BCUT2D eigenvalue weighted by atomic mass is 9.77. The number of carboxylic acids is 1. The number of hydrogen-bond donors (Lipinski definition) is 1. The van der Waals surface area contributed by atoms with E-state index < -0.39 is 11.6 Å². The zero-order chi connectivity index (χ0) is 10.7. The summed E-state index contributed by atoms with van der Waals surface area (Å²) in [6.45, 7) is 0. The summed E-state index contributed by atoms with van der Waals surface area (Å²) in [6.07, 6.45) is 6.01. The summed E-state index contributed by atoms with van der Waals surface area (Å²) in [4.78, 5) is 14.6. The number of aliphatic carboxylic acids is 1. The molecule has 0 amide bonds. The van der Waals surface area contributed by atoms with Gasteiger partial charge in [-0.25, -0.2) is 0 Å². The second kappa shape index (κ2) is 3.88. The number of carboxylic acid groups (broad SMARTS) is 1. The standard InChI is InChI=1S/C11H13NO3/c13-10(14)7-11(4-2-5-11)15-9-3-1-6-12-8-9/h1,3,6,8H,2,4-5,7H2,(H,13,14). The van der Waals surface area contributed by atoms with Crippen LogP contribution in [-0.4, -0.2) is 21.7 Å². The zero-order valence-electron chi connectivity index (χ0n) is 8.35. The molecule has 1 aliphatic rings. The summed E-state index contributed by atoms with van der Waals surface area (Å²) in [5.41, 5.74) is -0.491. The maximum atomic E-state index is 10.7. The van der Waals surface area contributed by atoms with Crippen molar-refractivity contribution < 1.29 is 14.6 Å². The average Bonchev–Trinajstić information content (AvgIpc) is 2.15. The molecule has 0 radical (unpaired) electrons. The topological polar surface area (TPSA) is 59.4 Å². The average molecular weight is 207 g/mol. The van der Waals surface area contributed by atoms with Crippen molar-refractivity contribution in [3.8, 4) is 5.75 Å². The van der Waals surface area contributed by atoms with Gasteiger partial charge >= 0.3 is 5.97 Å². The molecule has 0 bridgehead atoms. The minimum Gasteiger partial charge on any atom is -0.485 e. The highest BCUT2D eigenvalue weighted by Gasteiger charge is 2.41. The van der Waals surface area contributed by atoms with E-state index in [0.29, 0.717) is 5.75 Å². The normalized spacial score (nSPS) is 17.9. The molecule has 1 saturated carbocycles. The van der Waals surface area contributed by atoms with Crippen LogP contribution in [0.4, 0.5) is 0 Å². The molecule has 2 rings (SSSR count). The molecule has 1 heterocycles. The Balaban J connectivity index is 2.05. The van der Waals surface area contributed by atoms with E-state index in [0.717, 1.165) is 19.3 Å². The third kappa shape index (κ3) is 2.26. The molecule has 0 atom stereocenters. The molecule has 0 saturated heterocycles. The molecule has 0 unspecified atom stereocenters. The fourth-order valence-corrected chi connectivity index (χ4v) is 1.82. The zero-order valence-corrected chi connectivity index (χ0v) is 8.35. The lowest BCUT2D eigenvalue weighted by molar-refractivity contribution is -0.144. The molecule has 1 N–H and O–H groups in total. The third-order valence-corrected chi connectivity index (χ3v) is 2.71. The van der Waals surface area contributed by atoms with E-state index in [1.165, 1.54) is 0 Å². The van der Waals surface area contributed by atoms with Gasteiger partial charge in [-0.1, -0.05) is 0 Å².